The molecule has 0 saturated heterocycles. The van der Waals surface area contributed by atoms with Crippen molar-refractivity contribution in [3.8, 4) is 5.75 Å². The van der Waals surface area contributed by atoms with Crippen LogP contribution in [0.3, 0.4) is 0 Å². The lowest BCUT2D eigenvalue weighted by Crippen LogP contribution is -1.84. The topological polar surface area (TPSA) is 34.5 Å². The standard InChI is InChI=1S/C17H13ClN2O/c1-21-17-7-5-14(10-15(17)18)20-11-12-4-6-16-13(9-12)3-2-8-19-16/h2-11H,1H3. The quantitative estimate of drug-likeness (QED) is 0.659. The van der Waals surface area contributed by atoms with Crippen LogP contribution in [0.2, 0.25) is 5.02 Å². The van der Waals surface area contributed by atoms with Crippen LogP contribution >= 0.6 is 11.6 Å². The number of halogens is 1. The lowest BCUT2D eigenvalue weighted by Gasteiger charge is -2.03. The molecule has 0 saturated carbocycles. The van der Waals surface area contributed by atoms with Crippen molar-refractivity contribution in [3.05, 3.63) is 65.3 Å². The van der Waals surface area contributed by atoms with Crippen molar-refractivity contribution in [2.24, 2.45) is 4.99 Å². The summed E-state index contributed by atoms with van der Waals surface area (Å²) in [5.41, 5.74) is 2.77. The first kappa shape index (κ1) is 13.6. The van der Waals surface area contributed by atoms with Gasteiger partial charge >= 0.3 is 0 Å². The number of aliphatic imine (C=N–C) groups is 1. The van der Waals surface area contributed by atoms with Crippen LogP contribution in [0.25, 0.3) is 10.9 Å². The fourth-order valence-corrected chi connectivity index (χ4v) is 2.31. The maximum absolute atomic E-state index is 6.08. The van der Waals surface area contributed by atoms with Crippen LogP contribution < -0.4 is 4.74 Å². The normalized spacial score (nSPS) is 11.1. The van der Waals surface area contributed by atoms with Crippen molar-refractivity contribution in [2.45, 2.75) is 0 Å². The van der Waals surface area contributed by atoms with Crippen molar-refractivity contribution < 1.29 is 4.74 Å². The van der Waals surface area contributed by atoms with Gasteiger partial charge in [0.25, 0.3) is 0 Å². The summed E-state index contributed by atoms with van der Waals surface area (Å²) >= 11 is 6.08. The fourth-order valence-electron chi connectivity index (χ4n) is 2.06. The third kappa shape index (κ3) is 3.03. The predicted octanol–water partition coefficient (Wildman–Crippen LogP) is 4.65. The number of hydrogen-bond acceptors (Lipinski definition) is 3. The second-order valence-corrected chi connectivity index (χ2v) is 4.94. The molecule has 0 aliphatic heterocycles. The Morgan fingerprint density at radius 3 is 2.86 bits per heavy atom. The Morgan fingerprint density at radius 2 is 2.05 bits per heavy atom. The van der Waals surface area contributed by atoms with E-state index in [1.165, 1.54) is 0 Å². The summed E-state index contributed by atoms with van der Waals surface area (Å²) in [7, 11) is 1.59. The summed E-state index contributed by atoms with van der Waals surface area (Å²) in [6.45, 7) is 0. The molecular formula is C17H13ClN2O. The maximum atomic E-state index is 6.08. The molecule has 0 spiro atoms. The molecule has 0 aliphatic rings. The van der Waals surface area contributed by atoms with E-state index in [0.717, 1.165) is 22.2 Å². The highest BCUT2D eigenvalue weighted by Crippen LogP contribution is 2.28. The second kappa shape index (κ2) is 5.94. The summed E-state index contributed by atoms with van der Waals surface area (Å²) in [4.78, 5) is 8.73. The molecular weight excluding hydrogens is 284 g/mol. The molecule has 3 nitrogen and oxygen atoms in total. The van der Waals surface area contributed by atoms with Crippen LogP contribution in [0.4, 0.5) is 5.69 Å². The van der Waals surface area contributed by atoms with E-state index in [1.807, 2.05) is 36.5 Å². The third-order valence-electron chi connectivity index (χ3n) is 3.13. The first-order chi connectivity index (χ1) is 10.3. The smallest absolute Gasteiger partial charge is 0.137 e. The van der Waals surface area contributed by atoms with E-state index >= 15 is 0 Å². The van der Waals surface area contributed by atoms with Crippen molar-refractivity contribution in [1.29, 1.82) is 0 Å². The zero-order chi connectivity index (χ0) is 14.7. The first-order valence-corrected chi connectivity index (χ1v) is 6.86. The highest BCUT2D eigenvalue weighted by Gasteiger charge is 2.00. The zero-order valence-corrected chi connectivity index (χ0v) is 12.2. The Kier molecular flexibility index (Phi) is 3.84. The molecule has 1 aromatic heterocycles. The number of hydrogen-bond donors (Lipinski definition) is 0. The van der Waals surface area contributed by atoms with Crippen LogP contribution in [0.1, 0.15) is 5.56 Å². The van der Waals surface area contributed by atoms with Gasteiger partial charge in [0.05, 0.1) is 23.3 Å². The van der Waals surface area contributed by atoms with Gasteiger partial charge in [0.2, 0.25) is 0 Å². The predicted molar refractivity (Wildman–Crippen MR) is 87.0 cm³/mol. The van der Waals surface area contributed by atoms with Gasteiger partial charge in [-0.2, -0.15) is 0 Å². The third-order valence-corrected chi connectivity index (χ3v) is 3.42. The first-order valence-electron chi connectivity index (χ1n) is 6.49. The molecule has 4 heteroatoms. The van der Waals surface area contributed by atoms with Gasteiger partial charge in [0, 0.05) is 17.8 Å². The molecule has 0 amide bonds. The van der Waals surface area contributed by atoms with Crippen LogP contribution in [-0.4, -0.2) is 18.3 Å². The van der Waals surface area contributed by atoms with E-state index in [0.29, 0.717) is 10.8 Å². The van der Waals surface area contributed by atoms with Crippen molar-refractivity contribution in [1.82, 2.24) is 4.98 Å². The molecule has 1 heterocycles. The molecule has 3 aromatic rings. The summed E-state index contributed by atoms with van der Waals surface area (Å²) in [5.74, 6) is 0.646. The molecule has 3 rings (SSSR count). The van der Waals surface area contributed by atoms with Gasteiger partial charge in [0.1, 0.15) is 5.75 Å². The lowest BCUT2D eigenvalue weighted by molar-refractivity contribution is 0.415. The Morgan fingerprint density at radius 1 is 1.14 bits per heavy atom. The number of methoxy groups -OCH3 is 1. The highest BCUT2D eigenvalue weighted by molar-refractivity contribution is 6.32. The minimum atomic E-state index is 0.551. The maximum Gasteiger partial charge on any atom is 0.137 e. The summed E-state index contributed by atoms with van der Waals surface area (Å²) in [6.07, 6.45) is 3.60. The van der Waals surface area contributed by atoms with Crippen LogP contribution in [0.15, 0.2) is 59.7 Å². The molecule has 0 bridgehead atoms. The van der Waals surface area contributed by atoms with Crippen molar-refractivity contribution in [3.63, 3.8) is 0 Å². The fraction of sp³-hybridized carbons (Fsp3) is 0.0588. The van der Waals surface area contributed by atoms with Gasteiger partial charge in [-0.3, -0.25) is 9.98 Å². The van der Waals surface area contributed by atoms with Gasteiger partial charge in [-0.1, -0.05) is 23.7 Å². The van der Waals surface area contributed by atoms with E-state index in [1.54, 1.807) is 25.4 Å². The molecule has 0 aliphatic carbocycles. The van der Waals surface area contributed by atoms with Gasteiger partial charge in [-0.05, 0) is 42.0 Å². The van der Waals surface area contributed by atoms with E-state index < -0.39 is 0 Å². The molecule has 2 aromatic carbocycles. The number of ether oxygens (including phenoxy) is 1. The van der Waals surface area contributed by atoms with Gasteiger partial charge in [-0.25, -0.2) is 0 Å². The number of aromatic nitrogens is 1. The number of rotatable bonds is 3. The molecule has 104 valence electrons. The second-order valence-electron chi connectivity index (χ2n) is 4.53. The average molecular weight is 297 g/mol. The Bertz CT molecular complexity index is 815. The van der Waals surface area contributed by atoms with Crippen LogP contribution in [-0.2, 0) is 0 Å². The number of pyridine rings is 1. The Hall–Kier alpha value is -2.39. The molecule has 0 unspecified atom stereocenters. The summed E-state index contributed by atoms with van der Waals surface area (Å²) in [6, 6.07) is 15.4. The minimum absolute atomic E-state index is 0.551. The Balaban J connectivity index is 1.88. The minimum Gasteiger partial charge on any atom is -0.495 e. The molecule has 0 radical (unpaired) electrons. The van der Waals surface area contributed by atoms with E-state index in [2.05, 4.69) is 16.0 Å². The van der Waals surface area contributed by atoms with E-state index in [9.17, 15) is 0 Å². The van der Waals surface area contributed by atoms with Crippen LogP contribution in [0.5, 0.6) is 5.75 Å². The van der Waals surface area contributed by atoms with Gasteiger partial charge < -0.3 is 4.74 Å². The number of fused-ring (bicyclic) bond motifs is 1. The van der Waals surface area contributed by atoms with Crippen molar-refractivity contribution in [2.75, 3.05) is 7.11 Å². The average Bonchev–Trinajstić information content (AvgIpc) is 2.53. The van der Waals surface area contributed by atoms with E-state index in [-0.39, 0.29) is 0 Å². The number of nitrogens with zero attached hydrogens (tertiary/aromatic N) is 2. The summed E-state index contributed by atoms with van der Waals surface area (Å²) < 4.78 is 5.12. The molecule has 0 fully saturated rings. The zero-order valence-electron chi connectivity index (χ0n) is 11.5. The van der Waals surface area contributed by atoms with Crippen molar-refractivity contribution >= 4 is 34.4 Å². The van der Waals surface area contributed by atoms with Gasteiger partial charge in [0.15, 0.2) is 0 Å². The molecule has 0 atom stereocenters. The molecule has 0 N–H and O–H groups in total. The van der Waals surface area contributed by atoms with Crippen LogP contribution in [0, 0.1) is 0 Å². The van der Waals surface area contributed by atoms with Gasteiger partial charge in [-0.15, -0.1) is 0 Å². The lowest BCUT2D eigenvalue weighted by atomic mass is 10.1. The Labute approximate surface area is 127 Å². The SMILES string of the molecule is COc1ccc(N=Cc2ccc3ncccc3c2)cc1Cl. The number of benzene rings is 2. The summed E-state index contributed by atoms with van der Waals surface area (Å²) in [5, 5.41) is 1.64. The monoisotopic (exact) mass is 296 g/mol. The largest absolute Gasteiger partial charge is 0.495 e. The highest BCUT2D eigenvalue weighted by atomic mass is 35.5. The van der Waals surface area contributed by atoms with E-state index in [4.69, 9.17) is 16.3 Å². The molecule has 21 heavy (non-hydrogen) atoms.